The molecule has 0 aliphatic carbocycles. The first-order chi connectivity index (χ1) is 13.4. The van der Waals surface area contributed by atoms with Crippen LogP contribution in [0.1, 0.15) is 75.6 Å². The first kappa shape index (κ1) is 20.5. The smallest absolute Gasteiger partial charge is 0.159 e. The predicted molar refractivity (Wildman–Crippen MR) is 115 cm³/mol. The molecule has 0 aliphatic heterocycles. The minimum atomic E-state index is 0.166. The maximum absolute atomic E-state index is 9.33. The van der Waals surface area contributed by atoms with Crippen molar-refractivity contribution in [1.29, 1.82) is 0 Å². The Bertz CT molecular complexity index is 974. The first-order valence-corrected chi connectivity index (χ1v) is 10.4. The van der Waals surface area contributed by atoms with E-state index in [9.17, 15) is 5.11 Å². The third-order valence-corrected chi connectivity index (χ3v) is 5.43. The van der Waals surface area contributed by atoms with Crippen molar-refractivity contribution in [2.45, 2.75) is 72.8 Å². The first-order valence-electron chi connectivity index (χ1n) is 10.4. The average molecular weight is 381 g/mol. The molecule has 0 amide bonds. The Morgan fingerprint density at radius 2 is 1.71 bits per heavy atom. The molecule has 0 saturated heterocycles. The Kier molecular flexibility index (Phi) is 6.14. The quantitative estimate of drug-likeness (QED) is 0.627. The molecule has 150 valence electrons. The minimum Gasteiger partial charge on any atom is -0.396 e. The highest BCUT2D eigenvalue weighted by Crippen LogP contribution is 2.31. The molecule has 0 bridgehead atoms. The fourth-order valence-corrected chi connectivity index (χ4v) is 3.68. The van der Waals surface area contributed by atoms with Gasteiger partial charge in [0.25, 0.3) is 0 Å². The number of nitrogens with zero attached hydrogens (tertiary/aromatic N) is 4. The van der Waals surface area contributed by atoms with E-state index in [-0.39, 0.29) is 12.6 Å². The van der Waals surface area contributed by atoms with Gasteiger partial charge >= 0.3 is 0 Å². The number of pyridine rings is 1. The van der Waals surface area contributed by atoms with Crippen molar-refractivity contribution in [3.05, 3.63) is 41.0 Å². The molecule has 0 saturated carbocycles. The van der Waals surface area contributed by atoms with Crippen LogP contribution >= 0.6 is 0 Å². The van der Waals surface area contributed by atoms with Gasteiger partial charge in [0.05, 0.1) is 11.4 Å². The number of aryl methyl sites for hydroxylation is 3. The lowest BCUT2D eigenvalue weighted by Crippen LogP contribution is -2.08. The Balaban J connectivity index is 2.21. The van der Waals surface area contributed by atoms with Crippen LogP contribution < -0.4 is 0 Å². The maximum atomic E-state index is 9.33. The molecule has 5 heteroatoms. The molecule has 3 aromatic rings. The fourth-order valence-electron chi connectivity index (χ4n) is 3.68. The second-order valence-electron chi connectivity index (χ2n) is 7.86. The van der Waals surface area contributed by atoms with Gasteiger partial charge in [0.15, 0.2) is 5.65 Å². The molecule has 3 rings (SSSR count). The van der Waals surface area contributed by atoms with Crippen molar-refractivity contribution < 1.29 is 5.11 Å². The van der Waals surface area contributed by atoms with Crippen molar-refractivity contribution in [3.63, 3.8) is 0 Å². The van der Waals surface area contributed by atoms with E-state index < -0.39 is 0 Å². The number of hydrogen-bond donors (Lipinski definition) is 1. The molecule has 0 aliphatic rings. The van der Waals surface area contributed by atoms with Crippen LogP contribution in [0.2, 0.25) is 0 Å². The highest BCUT2D eigenvalue weighted by atomic mass is 16.3. The van der Waals surface area contributed by atoms with Crippen LogP contribution in [-0.4, -0.2) is 31.2 Å². The van der Waals surface area contributed by atoms with Gasteiger partial charge in [0.2, 0.25) is 0 Å². The molecule has 1 atom stereocenters. The van der Waals surface area contributed by atoms with Gasteiger partial charge < -0.3 is 9.67 Å². The van der Waals surface area contributed by atoms with Crippen LogP contribution in [0.3, 0.4) is 0 Å². The molecular formula is C23H32N4O. The molecule has 1 N–H and O–H groups in total. The normalized spacial score (nSPS) is 12.9. The van der Waals surface area contributed by atoms with E-state index in [1.165, 1.54) is 0 Å². The zero-order valence-corrected chi connectivity index (χ0v) is 18.0. The third kappa shape index (κ3) is 3.68. The lowest BCUT2D eigenvalue weighted by atomic mass is 10.0. The van der Waals surface area contributed by atoms with Crippen molar-refractivity contribution in [3.8, 4) is 11.3 Å². The van der Waals surface area contributed by atoms with Gasteiger partial charge in [-0.25, -0.2) is 9.97 Å². The summed E-state index contributed by atoms with van der Waals surface area (Å²) in [5.74, 6) is 0.405. The van der Waals surface area contributed by atoms with Crippen LogP contribution in [-0.2, 0) is 12.8 Å². The van der Waals surface area contributed by atoms with Crippen molar-refractivity contribution in [1.82, 2.24) is 19.5 Å². The van der Waals surface area contributed by atoms with Gasteiger partial charge in [-0.05, 0) is 56.7 Å². The van der Waals surface area contributed by atoms with Crippen molar-refractivity contribution in [2.75, 3.05) is 6.61 Å². The highest BCUT2D eigenvalue weighted by Gasteiger charge is 2.19. The van der Waals surface area contributed by atoms with Crippen LogP contribution in [0.15, 0.2) is 18.3 Å². The molecule has 0 fully saturated rings. The minimum absolute atomic E-state index is 0.166. The third-order valence-electron chi connectivity index (χ3n) is 5.43. The summed E-state index contributed by atoms with van der Waals surface area (Å²) in [6.07, 6.45) is 4.49. The van der Waals surface area contributed by atoms with Crippen LogP contribution in [0.25, 0.3) is 22.4 Å². The van der Waals surface area contributed by atoms with Crippen LogP contribution in [0.5, 0.6) is 0 Å². The summed E-state index contributed by atoms with van der Waals surface area (Å²) in [7, 11) is 0. The second-order valence-corrected chi connectivity index (χ2v) is 7.86. The second kappa shape index (κ2) is 8.39. The summed E-state index contributed by atoms with van der Waals surface area (Å²) < 4.78 is 2.15. The van der Waals surface area contributed by atoms with Gasteiger partial charge in [-0.15, -0.1) is 0 Å². The van der Waals surface area contributed by atoms with E-state index in [1.54, 1.807) is 0 Å². The van der Waals surface area contributed by atoms with Crippen LogP contribution in [0, 0.1) is 6.92 Å². The zero-order valence-electron chi connectivity index (χ0n) is 18.0. The lowest BCUT2D eigenvalue weighted by molar-refractivity contribution is 0.264. The summed E-state index contributed by atoms with van der Waals surface area (Å²) in [6.45, 7) is 13.0. The van der Waals surface area contributed by atoms with Crippen molar-refractivity contribution >= 4 is 11.2 Å². The zero-order chi connectivity index (χ0) is 20.4. The molecule has 0 unspecified atom stereocenters. The Hall–Kier alpha value is -2.27. The summed E-state index contributed by atoms with van der Waals surface area (Å²) in [5, 5.41) is 9.33. The van der Waals surface area contributed by atoms with E-state index in [1.807, 2.05) is 0 Å². The molecule has 5 nitrogen and oxygen atoms in total. The SMILES string of the molecule is CCc1nc(C(C)C)ccc1-c1nc2c(C)cn([C@@H](C)CCO)c2nc1CC. The van der Waals surface area contributed by atoms with E-state index in [2.05, 4.69) is 64.4 Å². The van der Waals surface area contributed by atoms with E-state index >= 15 is 0 Å². The highest BCUT2D eigenvalue weighted by molar-refractivity contribution is 5.80. The standard InChI is InChI=1S/C23H32N4O/c1-7-18-17(9-10-20(24-18)14(3)4)22-19(8-2)25-23-21(26-22)15(5)13-27(23)16(6)11-12-28/h9-10,13-14,16,28H,7-8,11-12H2,1-6H3/t16-/m0/s1. The Labute approximate surface area is 167 Å². The summed E-state index contributed by atoms with van der Waals surface area (Å²) in [5.41, 5.74) is 8.20. The number of aromatic nitrogens is 4. The van der Waals surface area contributed by atoms with E-state index in [0.717, 1.165) is 57.9 Å². The van der Waals surface area contributed by atoms with Crippen LogP contribution in [0.4, 0.5) is 0 Å². The number of fused-ring (bicyclic) bond motifs is 1. The average Bonchev–Trinajstić information content (AvgIpc) is 3.02. The Morgan fingerprint density at radius 1 is 1.00 bits per heavy atom. The van der Waals surface area contributed by atoms with Gasteiger partial charge in [-0.2, -0.15) is 0 Å². The topological polar surface area (TPSA) is 63.8 Å². The number of hydrogen-bond acceptors (Lipinski definition) is 4. The summed E-state index contributed by atoms with van der Waals surface area (Å²) >= 11 is 0. The number of aliphatic hydroxyl groups is 1. The van der Waals surface area contributed by atoms with Gasteiger partial charge in [0, 0.05) is 35.8 Å². The molecule has 0 aromatic carbocycles. The molecule has 3 aromatic heterocycles. The van der Waals surface area contributed by atoms with Gasteiger partial charge in [-0.3, -0.25) is 4.98 Å². The van der Waals surface area contributed by atoms with Gasteiger partial charge in [-0.1, -0.05) is 27.7 Å². The fraction of sp³-hybridized carbons (Fsp3) is 0.522. The number of aliphatic hydroxyl groups excluding tert-OH is 1. The van der Waals surface area contributed by atoms with E-state index in [4.69, 9.17) is 15.0 Å². The maximum Gasteiger partial charge on any atom is 0.159 e. The predicted octanol–water partition coefficient (Wildman–Crippen LogP) is 4.99. The summed E-state index contributed by atoms with van der Waals surface area (Å²) in [4.78, 5) is 15.0. The lowest BCUT2D eigenvalue weighted by Gasteiger charge is -2.16. The monoisotopic (exact) mass is 380 g/mol. The molecule has 3 heterocycles. The van der Waals surface area contributed by atoms with Gasteiger partial charge in [0.1, 0.15) is 5.52 Å². The molecular weight excluding hydrogens is 348 g/mol. The van der Waals surface area contributed by atoms with E-state index in [0.29, 0.717) is 12.3 Å². The molecule has 28 heavy (non-hydrogen) atoms. The summed E-state index contributed by atoms with van der Waals surface area (Å²) in [6, 6.07) is 4.46. The Morgan fingerprint density at radius 3 is 2.32 bits per heavy atom. The number of rotatable bonds is 7. The molecule has 0 radical (unpaired) electrons. The molecule has 0 spiro atoms. The van der Waals surface area contributed by atoms with Crippen molar-refractivity contribution in [2.24, 2.45) is 0 Å². The largest absolute Gasteiger partial charge is 0.396 e.